The number of hydrogen-bond acceptors (Lipinski definition) is 4. The summed E-state index contributed by atoms with van der Waals surface area (Å²) in [6.07, 6.45) is 1.88. The quantitative estimate of drug-likeness (QED) is 0.791. The molecule has 3 N–H and O–H groups in total. The molecule has 1 aliphatic heterocycles. The first kappa shape index (κ1) is 18.1. The van der Waals surface area contributed by atoms with Crippen molar-refractivity contribution in [3.63, 3.8) is 0 Å². The molecule has 2 rings (SSSR count). The first-order valence-electron chi connectivity index (χ1n) is 8.26. The molecular formula is C18H26N2O4. The number of phenolic OH excluding ortho intramolecular Hbond substituents is 2. The van der Waals surface area contributed by atoms with E-state index < -0.39 is 0 Å². The Balaban J connectivity index is 1.88. The van der Waals surface area contributed by atoms with E-state index in [1.165, 1.54) is 18.2 Å². The van der Waals surface area contributed by atoms with Crippen LogP contribution in [0.15, 0.2) is 18.2 Å². The van der Waals surface area contributed by atoms with E-state index in [0.29, 0.717) is 32.4 Å². The van der Waals surface area contributed by atoms with Gasteiger partial charge in [-0.15, -0.1) is 0 Å². The molecule has 0 unspecified atom stereocenters. The third-order valence-electron chi connectivity index (χ3n) is 3.99. The normalized spacial score (nSPS) is 16.0. The zero-order chi connectivity index (χ0) is 17.9. The molecule has 0 spiro atoms. The van der Waals surface area contributed by atoms with Crippen molar-refractivity contribution < 1.29 is 19.8 Å². The van der Waals surface area contributed by atoms with Crippen molar-refractivity contribution in [3.05, 3.63) is 23.8 Å². The van der Waals surface area contributed by atoms with Crippen LogP contribution in [0.3, 0.4) is 0 Å². The Morgan fingerprint density at radius 1 is 1.12 bits per heavy atom. The molecule has 1 aliphatic rings. The largest absolute Gasteiger partial charge is 0.508 e. The summed E-state index contributed by atoms with van der Waals surface area (Å²) in [6.45, 7) is 7.15. The lowest BCUT2D eigenvalue weighted by atomic mass is 9.91. The van der Waals surface area contributed by atoms with Crippen LogP contribution in [0.1, 0.15) is 50.4 Å². The number of hydrogen-bond donors (Lipinski definition) is 3. The summed E-state index contributed by atoms with van der Waals surface area (Å²) in [5, 5.41) is 22.0. The van der Waals surface area contributed by atoms with E-state index in [0.717, 1.165) is 0 Å². The SMILES string of the molecule is CC(C)(C)CC(=O)NC1CCN(C(=O)c2cc(O)cc(O)c2)CC1. The molecule has 0 radical (unpaired) electrons. The second-order valence-corrected chi connectivity index (χ2v) is 7.61. The predicted octanol–water partition coefficient (Wildman–Crippen LogP) is 2.25. The molecule has 1 aromatic rings. The van der Waals surface area contributed by atoms with Crippen LogP contribution in [0.2, 0.25) is 0 Å². The highest BCUT2D eigenvalue weighted by Crippen LogP contribution is 2.23. The molecule has 1 heterocycles. The maximum absolute atomic E-state index is 12.4. The zero-order valence-electron chi connectivity index (χ0n) is 14.5. The van der Waals surface area contributed by atoms with Gasteiger partial charge in [0, 0.05) is 37.2 Å². The Morgan fingerprint density at radius 2 is 1.67 bits per heavy atom. The number of piperidine rings is 1. The highest BCUT2D eigenvalue weighted by atomic mass is 16.3. The third-order valence-corrected chi connectivity index (χ3v) is 3.99. The monoisotopic (exact) mass is 334 g/mol. The molecule has 0 aliphatic carbocycles. The number of phenols is 2. The number of likely N-dealkylation sites (tertiary alicyclic amines) is 1. The number of carbonyl (C=O) groups is 2. The second-order valence-electron chi connectivity index (χ2n) is 7.61. The molecule has 2 amide bonds. The minimum Gasteiger partial charge on any atom is -0.508 e. The number of nitrogens with zero attached hydrogens (tertiary/aromatic N) is 1. The number of rotatable bonds is 3. The maximum Gasteiger partial charge on any atom is 0.254 e. The van der Waals surface area contributed by atoms with Crippen molar-refractivity contribution >= 4 is 11.8 Å². The standard InChI is InChI=1S/C18H26N2O4/c1-18(2,3)11-16(23)19-13-4-6-20(7-5-13)17(24)12-8-14(21)10-15(22)9-12/h8-10,13,21-22H,4-7,11H2,1-3H3,(H,19,23). The van der Waals surface area contributed by atoms with Crippen LogP contribution in [0.25, 0.3) is 0 Å². The number of benzene rings is 1. The van der Waals surface area contributed by atoms with Gasteiger partial charge in [0.1, 0.15) is 11.5 Å². The fourth-order valence-electron chi connectivity index (χ4n) is 2.89. The fourth-order valence-corrected chi connectivity index (χ4v) is 2.89. The van der Waals surface area contributed by atoms with Crippen LogP contribution in [0, 0.1) is 5.41 Å². The summed E-state index contributed by atoms with van der Waals surface area (Å²) in [5.74, 6) is -0.448. The van der Waals surface area contributed by atoms with E-state index >= 15 is 0 Å². The van der Waals surface area contributed by atoms with Crippen molar-refractivity contribution in [2.45, 2.75) is 46.1 Å². The topological polar surface area (TPSA) is 89.9 Å². The van der Waals surface area contributed by atoms with Crippen molar-refractivity contribution in [1.29, 1.82) is 0 Å². The van der Waals surface area contributed by atoms with Gasteiger partial charge in [-0.25, -0.2) is 0 Å². The molecule has 6 heteroatoms. The Bertz CT molecular complexity index is 594. The Kier molecular flexibility index (Phi) is 5.36. The van der Waals surface area contributed by atoms with Crippen LogP contribution in [0.4, 0.5) is 0 Å². The number of amides is 2. The molecule has 0 saturated carbocycles. The summed E-state index contributed by atoms with van der Waals surface area (Å²) in [6, 6.07) is 3.97. The summed E-state index contributed by atoms with van der Waals surface area (Å²) >= 11 is 0. The van der Waals surface area contributed by atoms with Crippen molar-refractivity contribution in [2.75, 3.05) is 13.1 Å². The van der Waals surface area contributed by atoms with E-state index in [9.17, 15) is 19.8 Å². The lowest BCUT2D eigenvalue weighted by molar-refractivity contribution is -0.123. The molecular weight excluding hydrogens is 308 g/mol. The highest BCUT2D eigenvalue weighted by Gasteiger charge is 2.26. The first-order valence-corrected chi connectivity index (χ1v) is 8.26. The molecule has 132 valence electrons. The Morgan fingerprint density at radius 3 is 2.17 bits per heavy atom. The summed E-state index contributed by atoms with van der Waals surface area (Å²) < 4.78 is 0. The van der Waals surface area contributed by atoms with Crippen LogP contribution >= 0.6 is 0 Å². The van der Waals surface area contributed by atoms with Gasteiger partial charge >= 0.3 is 0 Å². The summed E-state index contributed by atoms with van der Waals surface area (Å²) in [4.78, 5) is 26.1. The van der Waals surface area contributed by atoms with Crippen LogP contribution in [-0.4, -0.2) is 46.1 Å². The van der Waals surface area contributed by atoms with E-state index in [2.05, 4.69) is 5.32 Å². The van der Waals surface area contributed by atoms with Crippen molar-refractivity contribution in [1.82, 2.24) is 10.2 Å². The third kappa shape index (κ3) is 5.15. The van der Waals surface area contributed by atoms with Gasteiger partial charge in [0.25, 0.3) is 5.91 Å². The van der Waals surface area contributed by atoms with Gasteiger partial charge in [0.05, 0.1) is 0 Å². The molecule has 0 atom stereocenters. The van der Waals surface area contributed by atoms with Gasteiger partial charge < -0.3 is 20.4 Å². The first-order chi connectivity index (χ1) is 11.1. The smallest absolute Gasteiger partial charge is 0.254 e. The van der Waals surface area contributed by atoms with Crippen LogP contribution < -0.4 is 5.32 Å². The Labute approximate surface area is 142 Å². The van der Waals surface area contributed by atoms with Gasteiger partial charge in [-0.3, -0.25) is 9.59 Å². The molecule has 24 heavy (non-hydrogen) atoms. The van der Waals surface area contributed by atoms with Gasteiger partial charge in [-0.2, -0.15) is 0 Å². The number of carbonyl (C=O) groups excluding carboxylic acids is 2. The Hall–Kier alpha value is -2.24. The predicted molar refractivity (Wildman–Crippen MR) is 90.9 cm³/mol. The van der Waals surface area contributed by atoms with E-state index in [4.69, 9.17) is 0 Å². The lowest BCUT2D eigenvalue weighted by Gasteiger charge is -2.33. The second kappa shape index (κ2) is 7.11. The average molecular weight is 334 g/mol. The highest BCUT2D eigenvalue weighted by molar-refractivity contribution is 5.95. The minimum absolute atomic E-state index is 0.0436. The number of nitrogens with one attached hydrogen (secondary N) is 1. The van der Waals surface area contributed by atoms with Gasteiger partial charge in [0.15, 0.2) is 0 Å². The van der Waals surface area contributed by atoms with Crippen LogP contribution in [0.5, 0.6) is 11.5 Å². The lowest BCUT2D eigenvalue weighted by Crippen LogP contribution is -2.47. The fraction of sp³-hybridized carbons (Fsp3) is 0.556. The van der Waals surface area contributed by atoms with Crippen molar-refractivity contribution in [2.24, 2.45) is 5.41 Å². The average Bonchev–Trinajstić information content (AvgIpc) is 2.44. The van der Waals surface area contributed by atoms with Gasteiger partial charge in [0.2, 0.25) is 5.91 Å². The van der Waals surface area contributed by atoms with Gasteiger partial charge in [-0.1, -0.05) is 20.8 Å². The van der Waals surface area contributed by atoms with Crippen molar-refractivity contribution in [3.8, 4) is 11.5 Å². The maximum atomic E-state index is 12.4. The van der Waals surface area contributed by atoms with Gasteiger partial charge in [-0.05, 0) is 30.4 Å². The van der Waals surface area contributed by atoms with E-state index in [1.54, 1.807) is 4.90 Å². The molecule has 0 bridgehead atoms. The molecule has 1 fully saturated rings. The summed E-state index contributed by atoms with van der Waals surface area (Å²) in [5.41, 5.74) is 0.223. The van der Waals surface area contributed by atoms with Crippen LogP contribution in [-0.2, 0) is 4.79 Å². The summed E-state index contributed by atoms with van der Waals surface area (Å²) in [7, 11) is 0. The molecule has 6 nitrogen and oxygen atoms in total. The molecule has 0 aromatic heterocycles. The van der Waals surface area contributed by atoms with E-state index in [-0.39, 0.29) is 40.3 Å². The molecule has 1 saturated heterocycles. The number of aromatic hydroxyl groups is 2. The minimum atomic E-state index is -0.222. The van der Waals surface area contributed by atoms with E-state index in [1.807, 2.05) is 20.8 Å². The molecule has 1 aromatic carbocycles. The zero-order valence-corrected chi connectivity index (χ0v) is 14.5.